The fourth-order valence-corrected chi connectivity index (χ4v) is 1.38. The molecule has 0 aliphatic rings. The molecule has 0 aromatic carbocycles. The SMILES string of the molecule is FC(F)(F)c1ncc2ncc(Br)cn12. The highest BCUT2D eigenvalue weighted by Gasteiger charge is 2.36. The molecule has 0 unspecified atom stereocenters. The third-order valence-corrected chi connectivity index (χ3v) is 2.01. The van der Waals surface area contributed by atoms with Crippen LogP contribution in [-0.2, 0) is 6.18 Å². The third-order valence-electron chi connectivity index (χ3n) is 1.60. The van der Waals surface area contributed by atoms with E-state index in [9.17, 15) is 13.2 Å². The Morgan fingerprint density at radius 3 is 2.57 bits per heavy atom. The van der Waals surface area contributed by atoms with Crippen LogP contribution in [0.15, 0.2) is 23.1 Å². The van der Waals surface area contributed by atoms with E-state index in [1.165, 1.54) is 12.4 Å². The lowest BCUT2D eigenvalue weighted by Gasteiger charge is -2.04. The summed E-state index contributed by atoms with van der Waals surface area (Å²) in [6.07, 6.45) is -0.695. The van der Waals surface area contributed by atoms with Crippen molar-refractivity contribution in [1.29, 1.82) is 0 Å². The van der Waals surface area contributed by atoms with Gasteiger partial charge in [0, 0.05) is 12.4 Å². The van der Waals surface area contributed by atoms with Crippen molar-refractivity contribution in [1.82, 2.24) is 14.4 Å². The molecule has 0 amide bonds. The van der Waals surface area contributed by atoms with Gasteiger partial charge in [-0.1, -0.05) is 0 Å². The smallest absolute Gasteiger partial charge is 0.279 e. The second kappa shape index (κ2) is 2.94. The second-order valence-electron chi connectivity index (χ2n) is 2.58. The van der Waals surface area contributed by atoms with Crippen molar-refractivity contribution >= 4 is 21.6 Å². The van der Waals surface area contributed by atoms with Crippen molar-refractivity contribution in [3.05, 3.63) is 28.9 Å². The fourth-order valence-electron chi connectivity index (χ4n) is 1.07. The Balaban J connectivity index is 2.73. The molecule has 0 radical (unpaired) electrons. The zero-order valence-electron chi connectivity index (χ0n) is 6.59. The number of fused-ring (bicyclic) bond motifs is 1. The van der Waals surface area contributed by atoms with Crippen molar-refractivity contribution in [2.75, 3.05) is 0 Å². The Bertz CT molecular complexity index is 476. The molecule has 0 aliphatic carbocycles. The van der Waals surface area contributed by atoms with Crippen molar-refractivity contribution in [2.24, 2.45) is 0 Å². The summed E-state index contributed by atoms with van der Waals surface area (Å²) < 4.78 is 38.4. The molecule has 0 atom stereocenters. The molecule has 74 valence electrons. The number of hydrogen-bond donors (Lipinski definition) is 0. The van der Waals surface area contributed by atoms with E-state index in [-0.39, 0.29) is 5.65 Å². The Labute approximate surface area is 84.7 Å². The summed E-state index contributed by atoms with van der Waals surface area (Å²) in [6, 6.07) is 0. The normalized spacial score (nSPS) is 12.3. The van der Waals surface area contributed by atoms with E-state index in [2.05, 4.69) is 25.9 Å². The van der Waals surface area contributed by atoms with Crippen LogP contribution in [0.3, 0.4) is 0 Å². The molecule has 0 bridgehead atoms. The summed E-state index contributed by atoms with van der Waals surface area (Å²) in [4.78, 5) is 7.03. The first kappa shape index (κ1) is 9.45. The Kier molecular flexibility index (Phi) is 1.99. The second-order valence-corrected chi connectivity index (χ2v) is 3.50. The first-order valence-corrected chi connectivity index (χ1v) is 4.33. The molecule has 0 aliphatic heterocycles. The lowest BCUT2D eigenvalue weighted by atomic mass is 10.5. The van der Waals surface area contributed by atoms with Gasteiger partial charge in [0.15, 0.2) is 5.65 Å². The molecule has 0 saturated carbocycles. The number of aromatic nitrogens is 3. The number of nitrogens with zero attached hydrogens (tertiary/aromatic N) is 3. The monoisotopic (exact) mass is 265 g/mol. The summed E-state index contributed by atoms with van der Waals surface area (Å²) >= 11 is 3.04. The van der Waals surface area contributed by atoms with Crippen LogP contribution in [0.1, 0.15) is 5.82 Å². The minimum Gasteiger partial charge on any atom is -0.279 e. The molecule has 0 saturated heterocycles. The Hall–Kier alpha value is -1.11. The summed E-state index contributed by atoms with van der Waals surface area (Å²) in [5, 5.41) is 0. The lowest BCUT2D eigenvalue weighted by Crippen LogP contribution is -2.10. The van der Waals surface area contributed by atoms with Crippen molar-refractivity contribution in [2.45, 2.75) is 6.18 Å². The van der Waals surface area contributed by atoms with E-state index < -0.39 is 12.0 Å². The minimum absolute atomic E-state index is 0.167. The predicted molar refractivity (Wildman–Crippen MR) is 45.7 cm³/mol. The molecule has 2 heterocycles. The highest BCUT2D eigenvalue weighted by Crippen LogP contribution is 2.28. The maximum Gasteiger partial charge on any atom is 0.450 e. The van der Waals surface area contributed by atoms with Crippen LogP contribution in [0.4, 0.5) is 13.2 Å². The molecular weight excluding hydrogens is 263 g/mol. The van der Waals surface area contributed by atoms with E-state index in [0.29, 0.717) is 4.47 Å². The maximum absolute atomic E-state index is 12.4. The van der Waals surface area contributed by atoms with Gasteiger partial charge in [-0.2, -0.15) is 13.2 Å². The van der Waals surface area contributed by atoms with E-state index in [0.717, 1.165) is 10.6 Å². The van der Waals surface area contributed by atoms with Crippen LogP contribution in [0.5, 0.6) is 0 Å². The van der Waals surface area contributed by atoms with Gasteiger partial charge < -0.3 is 0 Å². The molecule has 7 heteroatoms. The van der Waals surface area contributed by atoms with Gasteiger partial charge in [0.25, 0.3) is 0 Å². The standard InChI is InChI=1S/C7H3BrF3N3/c8-4-1-12-5-2-13-6(7(9,10)11)14(5)3-4/h1-3H. The summed E-state index contributed by atoms with van der Waals surface area (Å²) in [5.41, 5.74) is 0.167. The van der Waals surface area contributed by atoms with Crippen molar-refractivity contribution < 1.29 is 13.2 Å². The van der Waals surface area contributed by atoms with Crippen molar-refractivity contribution in [3.8, 4) is 0 Å². The molecule has 2 rings (SSSR count). The van der Waals surface area contributed by atoms with E-state index >= 15 is 0 Å². The maximum atomic E-state index is 12.4. The molecule has 0 N–H and O–H groups in total. The molecular formula is C7H3BrF3N3. The van der Waals surface area contributed by atoms with Gasteiger partial charge in [-0.25, -0.2) is 9.97 Å². The lowest BCUT2D eigenvalue weighted by molar-refractivity contribution is -0.145. The van der Waals surface area contributed by atoms with E-state index in [1.807, 2.05) is 0 Å². The molecule has 14 heavy (non-hydrogen) atoms. The zero-order valence-corrected chi connectivity index (χ0v) is 8.17. The van der Waals surface area contributed by atoms with Gasteiger partial charge in [0.2, 0.25) is 5.82 Å². The van der Waals surface area contributed by atoms with Crippen LogP contribution in [-0.4, -0.2) is 14.4 Å². The number of imidazole rings is 1. The minimum atomic E-state index is -4.46. The fraction of sp³-hybridized carbons (Fsp3) is 0.143. The largest absolute Gasteiger partial charge is 0.450 e. The van der Waals surface area contributed by atoms with Crippen LogP contribution < -0.4 is 0 Å². The highest BCUT2D eigenvalue weighted by atomic mass is 79.9. The van der Waals surface area contributed by atoms with Gasteiger partial charge >= 0.3 is 6.18 Å². The van der Waals surface area contributed by atoms with Gasteiger partial charge in [-0.3, -0.25) is 4.40 Å². The summed E-state index contributed by atoms with van der Waals surface area (Å²) in [5.74, 6) is -0.971. The average molecular weight is 266 g/mol. The van der Waals surface area contributed by atoms with E-state index in [1.54, 1.807) is 0 Å². The highest BCUT2D eigenvalue weighted by molar-refractivity contribution is 9.10. The number of hydrogen-bond acceptors (Lipinski definition) is 2. The first-order valence-electron chi connectivity index (χ1n) is 3.54. The quantitative estimate of drug-likeness (QED) is 0.733. The van der Waals surface area contributed by atoms with Gasteiger partial charge in [0.05, 0.1) is 10.7 Å². The van der Waals surface area contributed by atoms with Crippen LogP contribution in [0, 0.1) is 0 Å². The summed E-state index contributed by atoms with van der Waals surface area (Å²) in [6.45, 7) is 0. The first-order chi connectivity index (χ1) is 6.48. The number of alkyl halides is 3. The number of halogens is 4. The van der Waals surface area contributed by atoms with Crippen LogP contribution >= 0.6 is 15.9 Å². The van der Waals surface area contributed by atoms with Crippen LogP contribution in [0.2, 0.25) is 0 Å². The van der Waals surface area contributed by atoms with Gasteiger partial charge in [-0.05, 0) is 15.9 Å². The molecule has 0 spiro atoms. The Morgan fingerprint density at radius 2 is 1.93 bits per heavy atom. The van der Waals surface area contributed by atoms with Crippen molar-refractivity contribution in [3.63, 3.8) is 0 Å². The molecule has 2 aromatic heterocycles. The predicted octanol–water partition coefficient (Wildman–Crippen LogP) is 2.51. The summed E-state index contributed by atoms with van der Waals surface area (Å²) in [7, 11) is 0. The average Bonchev–Trinajstić information content (AvgIpc) is 2.45. The number of rotatable bonds is 0. The van der Waals surface area contributed by atoms with Gasteiger partial charge in [0.1, 0.15) is 0 Å². The third kappa shape index (κ3) is 1.47. The molecule has 2 aromatic rings. The van der Waals surface area contributed by atoms with E-state index in [4.69, 9.17) is 0 Å². The molecule has 0 fully saturated rings. The molecule has 3 nitrogen and oxygen atoms in total. The topological polar surface area (TPSA) is 30.2 Å². The zero-order chi connectivity index (χ0) is 10.3. The Morgan fingerprint density at radius 1 is 1.21 bits per heavy atom. The van der Waals surface area contributed by atoms with Gasteiger partial charge in [-0.15, -0.1) is 0 Å². The van der Waals surface area contributed by atoms with Crippen LogP contribution in [0.25, 0.3) is 5.65 Å².